The van der Waals surface area contributed by atoms with Crippen LogP contribution in [0.1, 0.15) is 36.6 Å². The Kier molecular flexibility index (Phi) is 6.61. The topological polar surface area (TPSA) is 45.2 Å². The van der Waals surface area contributed by atoms with Crippen molar-refractivity contribution in [1.29, 1.82) is 0 Å². The van der Waals surface area contributed by atoms with Crippen molar-refractivity contribution in [3.63, 3.8) is 0 Å². The molecule has 1 aromatic heterocycles. The fraction of sp³-hybridized carbons (Fsp3) is 0.750. The van der Waals surface area contributed by atoms with Crippen LogP contribution in [-0.4, -0.2) is 23.2 Å². The third-order valence-corrected chi connectivity index (χ3v) is 3.89. The van der Waals surface area contributed by atoms with E-state index in [0.717, 1.165) is 32.4 Å². The summed E-state index contributed by atoms with van der Waals surface area (Å²) in [5.74, 6) is 0.587. The summed E-state index contributed by atoms with van der Waals surface area (Å²) in [5.41, 5.74) is 0. The molecule has 0 aromatic carbocycles. The van der Waals surface area contributed by atoms with E-state index in [1.54, 1.807) is 11.3 Å². The monoisotopic (exact) mass is 242 g/mol. The number of hydrogen-bond acceptors (Lipinski definition) is 4. The number of nitrogens with one attached hydrogen (secondary N) is 1. The first-order valence-electron chi connectivity index (χ1n) is 6.05. The summed E-state index contributed by atoms with van der Waals surface area (Å²) < 4.78 is 0. The lowest BCUT2D eigenvalue weighted by Crippen LogP contribution is -2.22. The van der Waals surface area contributed by atoms with E-state index < -0.39 is 0 Å². The molecule has 0 fully saturated rings. The average Bonchev–Trinajstić information content (AvgIpc) is 2.76. The maximum absolute atomic E-state index is 8.88. The highest BCUT2D eigenvalue weighted by atomic mass is 32.1. The molecule has 1 aromatic rings. The van der Waals surface area contributed by atoms with Gasteiger partial charge in [0.2, 0.25) is 0 Å². The quantitative estimate of drug-likeness (QED) is 0.734. The Morgan fingerprint density at radius 1 is 1.50 bits per heavy atom. The fourth-order valence-corrected chi connectivity index (χ4v) is 2.46. The van der Waals surface area contributed by atoms with Gasteiger partial charge in [0.15, 0.2) is 0 Å². The second-order valence-corrected chi connectivity index (χ2v) is 5.19. The third kappa shape index (κ3) is 4.60. The van der Waals surface area contributed by atoms with Crippen molar-refractivity contribution in [2.45, 2.75) is 39.7 Å². The number of nitrogens with zero attached hydrogens (tertiary/aromatic N) is 1. The Morgan fingerprint density at radius 2 is 2.31 bits per heavy atom. The summed E-state index contributed by atoms with van der Waals surface area (Å²) in [4.78, 5) is 5.63. The molecule has 16 heavy (non-hydrogen) atoms. The van der Waals surface area contributed by atoms with Crippen molar-refractivity contribution in [3.05, 3.63) is 16.1 Å². The van der Waals surface area contributed by atoms with Crippen molar-refractivity contribution in [2.75, 3.05) is 13.2 Å². The highest BCUT2D eigenvalue weighted by Gasteiger charge is 2.05. The Hall–Kier alpha value is -0.450. The Morgan fingerprint density at radius 3 is 2.88 bits per heavy atom. The Balaban J connectivity index is 2.23. The number of thiazole rings is 1. The molecule has 0 aliphatic rings. The van der Waals surface area contributed by atoms with Gasteiger partial charge in [0.1, 0.15) is 0 Å². The first-order valence-corrected chi connectivity index (χ1v) is 6.86. The molecule has 1 heterocycles. The van der Waals surface area contributed by atoms with Gasteiger partial charge in [0.25, 0.3) is 0 Å². The van der Waals surface area contributed by atoms with Gasteiger partial charge in [-0.2, -0.15) is 0 Å². The number of aliphatic hydroxyl groups excluding tert-OH is 1. The lowest BCUT2D eigenvalue weighted by atomic mass is 10.0. The van der Waals surface area contributed by atoms with Crippen LogP contribution in [0.3, 0.4) is 0 Å². The molecule has 0 saturated carbocycles. The van der Waals surface area contributed by atoms with E-state index in [2.05, 4.69) is 24.1 Å². The molecule has 3 nitrogen and oxygen atoms in total. The highest BCUT2D eigenvalue weighted by Crippen LogP contribution is 2.13. The van der Waals surface area contributed by atoms with Crippen LogP contribution in [-0.2, 0) is 13.0 Å². The van der Waals surface area contributed by atoms with Crippen molar-refractivity contribution >= 4 is 11.3 Å². The smallest absolute Gasteiger partial charge is 0.0925 e. The molecule has 1 unspecified atom stereocenters. The van der Waals surface area contributed by atoms with Gasteiger partial charge in [0.05, 0.1) is 5.01 Å². The second kappa shape index (κ2) is 7.76. The zero-order valence-corrected chi connectivity index (χ0v) is 11.0. The van der Waals surface area contributed by atoms with Crippen molar-refractivity contribution in [2.24, 2.45) is 5.92 Å². The Labute approximate surface area is 102 Å². The van der Waals surface area contributed by atoms with Crippen LogP contribution >= 0.6 is 11.3 Å². The molecule has 2 N–H and O–H groups in total. The molecule has 0 aliphatic carbocycles. The fourth-order valence-electron chi connectivity index (χ4n) is 1.63. The van der Waals surface area contributed by atoms with Crippen molar-refractivity contribution in [3.8, 4) is 0 Å². The van der Waals surface area contributed by atoms with Gasteiger partial charge in [-0.3, -0.25) is 0 Å². The molecular weight excluding hydrogens is 220 g/mol. The lowest BCUT2D eigenvalue weighted by Gasteiger charge is -2.13. The van der Waals surface area contributed by atoms with Crippen LogP contribution in [0.2, 0.25) is 0 Å². The minimum atomic E-state index is 0.292. The molecule has 4 heteroatoms. The van der Waals surface area contributed by atoms with Crippen LogP contribution in [0.5, 0.6) is 0 Å². The number of aromatic nitrogens is 1. The predicted molar refractivity (Wildman–Crippen MR) is 68.7 cm³/mol. The minimum Gasteiger partial charge on any atom is -0.396 e. The van der Waals surface area contributed by atoms with E-state index in [1.165, 1.54) is 9.88 Å². The van der Waals surface area contributed by atoms with Crippen LogP contribution < -0.4 is 5.32 Å². The zero-order chi connectivity index (χ0) is 11.8. The Bertz CT molecular complexity index is 288. The van der Waals surface area contributed by atoms with Crippen LogP contribution in [0.15, 0.2) is 6.20 Å². The molecule has 1 rings (SSSR count). The van der Waals surface area contributed by atoms with E-state index >= 15 is 0 Å². The molecule has 1 atom stereocenters. The summed E-state index contributed by atoms with van der Waals surface area (Å²) in [6.07, 6.45) is 5.00. The largest absolute Gasteiger partial charge is 0.396 e. The molecule has 0 amide bonds. The molecule has 0 saturated heterocycles. The normalized spacial score (nSPS) is 12.9. The SMILES string of the molecule is CCc1ncc(CNCC(CC)CCO)s1. The molecule has 92 valence electrons. The van der Waals surface area contributed by atoms with E-state index in [-0.39, 0.29) is 0 Å². The average molecular weight is 242 g/mol. The first-order chi connectivity index (χ1) is 7.80. The van der Waals surface area contributed by atoms with Crippen LogP contribution in [0.4, 0.5) is 0 Å². The first kappa shape index (κ1) is 13.6. The zero-order valence-electron chi connectivity index (χ0n) is 10.2. The minimum absolute atomic E-state index is 0.292. The van der Waals surface area contributed by atoms with E-state index in [9.17, 15) is 0 Å². The molecule has 0 bridgehead atoms. The van der Waals surface area contributed by atoms with Gasteiger partial charge in [-0.15, -0.1) is 11.3 Å². The van der Waals surface area contributed by atoms with Gasteiger partial charge in [-0.05, 0) is 25.3 Å². The van der Waals surface area contributed by atoms with Crippen LogP contribution in [0.25, 0.3) is 0 Å². The van der Waals surface area contributed by atoms with Gasteiger partial charge in [0, 0.05) is 24.2 Å². The summed E-state index contributed by atoms with van der Waals surface area (Å²) in [6.45, 7) is 6.48. The third-order valence-electron chi connectivity index (χ3n) is 2.75. The standard InChI is InChI=1S/C12H22N2OS/c1-3-10(5-6-15)7-13-8-11-9-14-12(4-2)16-11/h9-10,13,15H,3-8H2,1-2H3. The number of rotatable bonds is 8. The molecule has 0 aliphatic heterocycles. The molecule has 0 spiro atoms. The summed E-state index contributed by atoms with van der Waals surface area (Å²) in [6, 6.07) is 0. The van der Waals surface area contributed by atoms with E-state index in [4.69, 9.17) is 5.11 Å². The summed E-state index contributed by atoms with van der Waals surface area (Å²) in [7, 11) is 0. The summed E-state index contributed by atoms with van der Waals surface area (Å²) >= 11 is 1.78. The lowest BCUT2D eigenvalue weighted by molar-refractivity contribution is 0.251. The van der Waals surface area contributed by atoms with Gasteiger partial charge < -0.3 is 10.4 Å². The van der Waals surface area contributed by atoms with Crippen molar-refractivity contribution < 1.29 is 5.11 Å². The van der Waals surface area contributed by atoms with Gasteiger partial charge >= 0.3 is 0 Å². The molecule has 0 radical (unpaired) electrons. The maximum Gasteiger partial charge on any atom is 0.0925 e. The number of aryl methyl sites for hydroxylation is 1. The molecular formula is C12H22N2OS. The highest BCUT2D eigenvalue weighted by molar-refractivity contribution is 7.11. The maximum atomic E-state index is 8.88. The number of hydrogen-bond donors (Lipinski definition) is 2. The van der Waals surface area contributed by atoms with E-state index in [0.29, 0.717) is 12.5 Å². The van der Waals surface area contributed by atoms with Crippen molar-refractivity contribution in [1.82, 2.24) is 10.3 Å². The summed E-state index contributed by atoms with van der Waals surface area (Å²) in [5, 5.41) is 13.5. The van der Waals surface area contributed by atoms with E-state index in [1.807, 2.05) is 6.20 Å². The van der Waals surface area contributed by atoms with Crippen LogP contribution in [0, 0.1) is 5.92 Å². The predicted octanol–water partition coefficient (Wildman–Crippen LogP) is 2.20. The second-order valence-electron chi connectivity index (χ2n) is 3.99. The number of aliphatic hydroxyl groups is 1. The van der Waals surface area contributed by atoms with Gasteiger partial charge in [-0.25, -0.2) is 4.98 Å². The van der Waals surface area contributed by atoms with Gasteiger partial charge in [-0.1, -0.05) is 20.3 Å².